The highest BCUT2D eigenvalue weighted by Crippen LogP contribution is 2.58. The second-order valence-electron chi connectivity index (χ2n) is 20.2. The Kier molecular flexibility index (Phi) is 19.8. The molecule has 0 amide bonds. The third kappa shape index (κ3) is 15.7. The van der Waals surface area contributed by atoms with Crippen LogP contribution in [0.25, 0.3) is 0 Å². The third-order valence-electron chi connectivity index (χ3n) is 13.5. The maximum atomic E-state index is 13.4. The van der Waals surface area contributed by atoms with Crippen LogP contribution >= 0.6 is 0 Å². The summed E-state index contributed by atoms with van der Waals surface area (Å²) in [6, 6.07) is 6.38. The number of rotatable bonds is 14. The van der Waals surface area contributed by atoms with Crippen molar-refractivity contribution in [2.75, 3.05) is 17.3 Å². The molecule has 1 aliphatic heterocycles. The van der Waals surface area contributed by atoms with Crippen LogP contribution in [0.2, 0.25) is 0 Å². The predicted octanol–water partition coefficient (Wildman–Crippen LogP) is 7.04. The minimum absolute atomic E-state index is 0.00740. The highest BCUT2D eigenvalue weighted by atomic mass is 32.2. The van der Waals surface area contributed by atoms with E-state index in [9.17, 15) is 126 Å². The number of alkyl halides is 12. The van der Waals surface area contributed by atoms with Crippen molar-refractivity contribution in [3.8, 4) is 17.2 Å². The molecule has 2 aliphatic carbocycles. The predicted molar refractivity (Wildman–Crippen MR) is 253 cm³/mol. The van der Waals surface area contributed by atoms with Gasteiger partial charge in [-0.1, -0.05) is 18.2 Å². The Morgan fingerprint density at radius 2 is 1.07 bits per heavy atom. The number of aryl methyl sites for hydroxylation is 5. The van der Waals surface area contributed by atoms with Gasteiger partial charge in [-0.05, 0) is 120 Å². The number of halogens is 12. The zero-order valence-electron chi connectivity index (χ0n) is 44.3. The molecule has 2 N–H and O–H groups in total. The van der Waals surface area contributed by atoms with E-state index in [0.717, 1.165) is 18.2 Å². The van der Waals surface area contributed by atoms with Crippen LogP contribution in [0.5, 0.6) is 17.2 Å². The average Bonchev–Trinajstić information content (AvgIpc) is 1.53. The van der Waals surface area contributed by atoms with E-state index in [-0.39, 0.29) is 58.4 Å². The minimum Gasteiger partial charge on any atom is -0.748 e. The molecule has 6 rings (SSSR count). The van der Waals surface area contributed by atoms with Gasteiger partial charge >= 0.3 is 60.2 Å². The summed E-state index contributed by atoms with van der Waals surface area (Å²) in [6.45, 7) is 9.16. The van der Waals surface area contributed by atoms with Crippen LogP contribution in [0.1, 0.15) is 91.1 Å². The molecule has 470 valence electrons. The zero-order valence-corrected chi connectivity index (χ0v) is 46.7. The molecule has 2 bridgehead atoms. The number of carbonyl (C=O) groups excluding carboxylic acids is 5. The molecule has 7 unspecified atom stereocenters. The highest BCUT2D eigenvalue weighted by molar-refractivity contribution is 7.86. The lowest BCUT2D eigenvalue weighted by Crippen LogP contribution is -2.63. The van der Waals surface area contributed by atoms with E-state index >= 15 is 0 Å². The number of benzene rings is 3. The topological polar surface area (TPSA) is 344 Å². The van der Waals surface area contributed by atoms with Crippen molar-refractivity contribution in [2.24, 2.45) is 23.7 Å². The number of carbonyl (C=O) groups is 5. The summed E-state index contributed by atoms with van der Waals surface area (Å²) >= 11 is 0. The van der Waals surface area contributed by atoms with Crippen LogP contribution in [-0.2, 0) is 58.9 Å². The van der Waals surface area contributed by atoms with Gasteiger partial charge in [0.05, 0.1) is 70.6 Å². The van der Waals surface area contributed by atoms with Crippen molar-refractivity contribution in [3.63, 3.8) is 0 Å². The Balaban J connectivity index is 0.000000283. The molecule has 7 atom stereocenters. The van der Waals surface area contributed by atoms with Gasteiger partial charge in [-0.25, -0.2) is 39.6 Å². The molecule has 21 nitrogen and oxygen atoms in total. The van der Waals surface area contributed by atoms with Crippen molar-refractivity contribution >= 4 is 60.2 Å². The first-order valence-electron chi connectivity index (χ1n) is 23.5. The fourth-order valence-corrected chi connectivity index (χ4v) is 12.1. The summed E-state index contributed by atoms with van der Waals surface area (Å²) in [5.41, 5.74) is -13.0. The van der Waals surface area contributed by atoms with Crippen molar-refractivity contribution in [3.05, 3.63) is 86.5 Å². The summed E-state index contributed by atoms with van der Waals surface area (Å²) < 4.78 is 279. The van der Waals surface area contributed by atoms with Crippen LogP contribution in [0.3, 0.4) is 0 Å². The average molecular weight is 1280 g/mol. The summed E-state index contributed by atoms with van der Waals surface area (Å²) in [7, 11) is -16.9. The molecule has 2 saturated carbocycles. The summed E-state index contributed by atoms with van der Waals surface area (Å²) in [6.07, 6.45) is -22.9. The van der Waals surface area contributed by atoms with Gasteiger partial charge in [-0.3, -0.25) is 9.59 Å². The molecular weight excluding hydrogens is 1240 g/mol. The smallest absolute Gasteiger partial charge is 0.438 e. The normalized spacial score (nSPS) is 20.4. The second kappa shape index (κ2) is 23.8. The van der Waals surface area contributed by atoms with Gasteiger partial charge in [-0.2, -0.15) is 52.7 Å². The molecule has 3 aromatic carbocycles. The monoisotopic (exact) mass is 1280 g/mol. The van der Waals surface area contributed by atoms with Crippen molar-refractivity contribution in [2.45, 2.75) is 116 Å². The first-order chi connectivity index (χ1) is 37.6. The molecule has 0 spiro atoms. The van der Waals surface area contributed by atoms with Gasteiger partial charge in [0, 0.05) is 11.5 Å². The molecule has 0 radical (unpaired) electrons. The zero-order chi connectivity index (χ0) is 65.0. The first-order valence-corrected chi connectivity index (χ1v) is 28.2. The number of phenolic OH excluding ortho intramolecular Hbond substituents is 2. The summed E-state index contributed by atoms with van der Waals surface area (Å²) in [5.74, 6) is -17.2. The van der Waals surface area contributed by atoms with Crippen LogP contribution < -0.4 is 4.74 Å². The quantitative estimate of drug-likeness (QED) is 0.0537. The summed E-state index contributed by atoms with van der Waals surface area (Å²) in [4.78, 5) is 61.5. The molecule has 3 fully saturated rings. The molecule has 84 heavy (non-hydrogen) atoms. The van der Waals surface area contributed by atoms with E-state index in [1.165, 1.54) is 53.7 Å². The van der Waals surface area contributed by atoms with Crippen molar-refractivity contribution in [1.29, 1.82) is 0 Å². The Morgan fingerprint density at radius 3 is 1.54 bits per heavy atom. The van der Waals surface area contributed by atoms with Crippen molar-refractivity contribution < 1.29 is 149 Å². The number of hydrogen-bond donors (Lipinski definition) is 2. The van der Waals surface area contributed by atoms with Gasteiger partial charge in [0.25, 0.3) is 0 Å². The van der Waals surface area contributed by atoms with Gasteiger partial charge in [-0.15, -0.1) is 0 Å². The SMILES string of the molecule is Cc1cc(C)c(C(=O)OC(C)(CS(=O)(=O)[O-])C(F)(F)F)c(C)c1O.Cc1cc(C)c(O)c(C(=O)OC(C)(CS(=O)(=O)[O-])C(F)(F)F)c1.Cc1ccc(C(=O)OC(CS(=O)(=O)[O-])(C(F)(F)F)C(F)(F)F)cc1OC(=O)C1C2CC3OC(=O)C1C3C2. The lowest BCUT2D eigenvalue weighted by atomic mass is 9.80. The molecule has 0 aromatic heterocycles. The van der Waals surface area contributed by atoms with E-state index in [1.807, 2.05) is 0 Å². The van der Waals surface area contributed by atoms with Crippen molar-refractivity contribution in [1.82, 2.24) is 0 Å². The third-order valence-corrected chi connectivity index (χ3v) is 16.1. The Labute approximate surface area is 468 Å². The van der Waals surface area contributed by atoms with E-state index < -0.39 is 153 Å². The van der Waals surface area contributed by atoms with E-state index in [0.29, 0.717) is 37.0 Å². The van der Waals surface area contributed by atoms with E-state index in [2.05, 4.69) is 14.2 Å². The molecule has 3 aromatic rings. The maximum Gasteiger partial charge on any atom is 0.438 e. The Morgan fingerprint density at radius 1 is 0.595 bits per heavy atom. The molecule has 36 heteroatoms. The number of phenols is 2. The van der Waals surface area contributed by atoms with Gasteiger partial charge in [0.15, 0.2) is 0 Å². The highest BCUT2D eigenvalue weighted by Gasteiger charge is 2.75. The standard InChI is InChI=1S/C21H18F6O9S.C14H17F3O6S.C13H15F3O6S/c1-8-2-3-9(16(28)36-19(20(22,23)24,21(25,26)27)7-37(31,32)33)5-12(8)34-17(29)14-10-4-11-13(6-10)35-18(30)15(11)14;1-7-5-8(2)11(18)9(3)10(7)12(19)23-13(4,14(15,16)17)6-24(20,21)22;1-7-4-8(2)10(17)9(5-7)11(18)22-12(3,13(14,15)16)6-23(19,20)21/h2-3,5,10-11,13-15H,4,6-7H2,1H3,(H,31,32,33);5,18H,6H2,1-4H3,(H,20,21,22);4-5,17H,6H2,1-3H3,(H,19,20,21)/p-3. The number of esters is 5. The van der Waals surface area contributed by atoms with E-state index in [1.54, 1.807) is 0 Å². The molecular formula is C48H47F12O21S3-3. The van der Waals surface area contributed by atoms with Gasteiger partial charge in [0.2, 0.25) is 11.2 Å². The van der Waals surface area contributed by atoms with Crippen LogP contribution in [0, 0.1) is 65.2 Å². The van der Waals surface area contributed by atoms with Crippen LogP contribution in [0.4, 0.5) is 52.7 Å². The molecule has 1 heterocycles. The lowest BCUT2D eigenvalue weighted by Gasteiger charge is -2.36. The molecule has 1 saturated heterocycles. The second-order valence-corrected chi connectivity index (χ2v) is 24.4. The number of hydrogen-bond acceptors (Lipinski definition) is 21. The van der Waals surface area contributed by atoms with E-state index in [4.69, 9.17) is 9.47 Å². The lowest BCUT2D eigenvalue weighted by molar-refractivity contribution is -0.356. The number of fused-ring (bicyclic) bond motifs is 1. The fourth-order valence-electron chi connectivity index (χ4n) is 9.41. The fraction of sp³-hybridized carbons (Fsp3) is 0.521. The largest absolute Gasteiger partial charge is 0.748 e. The van der Waals surface area contributed by atoms with Gasteiger partial charge in [0.1, 0.15) is 28.9 Å². The summed E-state index contributed by atoms with van der Waals surface area (Å²) in [5, 5.41) is 19.6. The minimum atomic E-state index is -6.53. The first kappa shape index (κ1) is 70.0. The van der Waals surface area contributed by atoms with Gasteiger partial charge < -0.3 is 47.6 Å². The number of ether oxygens (including phenoxy) is 5. The van der Waals surface area contributed by atoms with Crippen LogP contribution in [-0.4, -0.2) is 144 Å². The molecule has 3 aliphatic rings. The maximum absolute atomic E-state index is 13.4. The Hall–Kier alpha value is -6.50. The number of aromatic hydroxyl groups is 2. The van der Waals surface area contributed by atoms with Crippen LogP contribution in [0.15, 0.2) is 36.4 Å². The Bertz CT molecular complexity index is 3440.